The van der Waals surface area contributed by atoms with Crippen molar-refractivity contribution in [2.75, 3.05) is 19.4 Å². The predicted molar refractivity (Wildman–Crippen MR) is 101 cm³/mol. The number of nitrogens with zero attached hydrogens (tertiary/aromatic N) is 1. The van der Waals surface area contributed by atoms with Gasteiger partial charge in [-0.05, 0) is 55.2 Å². The van der Waals surface area contributed by atoms with Crippen molar-refractivity contribution in [3.8, 4) is 0 Å². The smallest absolute Gasteiger partial charge is 0.255 e. The van der Waals surface area contributed by atoms with Gasteiger partial charge in [-0.25, -0.2) is 12.7 Å². The molecule has 0 radical (unpaired) electrons. The lowest BCUT2D eigenvalue weighted by molar-refractivity contribution is 0.102. The van der Waals surface area contributed by atoms with Crippen LogP contribution in [-0.4, -0.2) is 32.7 Å². The third kappa shape index (κ3) is 3.91. The van der Waals surface area contributed by atoms with Gasteiger partial charge in [0.25, 0.3) is 5.91 Å². The Labute approximate surface area is 149 Å². The normalized spacial score (nSPS) is 11.6. The molecule has 0 bridgehead atoms. The summed E-state index contributed by atoms with van der Waals surface area (Å²) < 4.78 is 26.2. The van der Waals surface area contributed by atoms with E-state index >= 15 is 0 Å². The van der Waals surface area contributed by atoms with E-state index in [0.717, 1.165) is 27.5 Å². The number of carbonyl (C=O) groups excluding carboxylic acids is 1. The average Bonchev–Trinajstić information content (AvgIpc) is 2.57. The van der Waals surface area contributed by atoms with Crippen molar-refractivity contribution in [1.82, 2.24) is 4.31 Å². The number of anilines is 1. The molecule has 2 aromatic rings. The molecule has 2 rings (SSSR count). The Bertz CT molecular complexity index is 903. The zero-order chi connectivity index (χ0) is 18.8. The van der Waals surface area contributed by atoms with Gasteiger partial charge in [-0.3, -0.25) is 4.79 Å². The molecule has 0 fully saturated rings. The lowest BCUT2D eigenvalue weighted by Gasteiger charge is -2.17. The Hall–Kier alpha value is -2.18. The summed E-state index contributed by atoms with van der Waals surface area (Å²) in [5.41, 5.74) is 3.51. The van der Waals surface area contributed by atoms with Crippen molar-refractivity contribution < 1.29 is 13.2 Å². The monoisotopic (exact) mass is 360 g/mol. The summed E-state index contributed by atoms with van der Waals surface area (Å²) in [5, 5.41) is 2.88. The van der Waals surface area contributed by atoms with E-state index in [2.05, 4.69) is 5.32 Å². The van der Waals surface area contributed by atoms with Gasteiger partial charge in [0.15, 0.2) is 0 Å². The number of amides is 1. The molecule has 1 amide bonds. The van der Waals surface area contributed by atoms with E-state index in [0.29, 0.717) is 11.1 Å². The van der Waals surface area contributed by atoms with Crippen LogP contribution in [0, 0.1) is 13.8 Å². The van der Waals surface area contributed by atoms with Gasteiger partial charge in [-0.1, -0.05) is 25.1 Å². The quantitative estimate of drug-likeness (QED) is 0.889. The molecule has 134 valence electrons. The van der Waals surface area contributed by atoms with Gasteiger partial charge in [0.2, 0.25) is 10.0 Å². The minimum Gasteiger partial charge on any atom is -0.322 e. The fourth-order valence-electron chi connectivity index (χ4n) is 2.57. The highest BCUT2D eigenvalue weighted by Crippen LogP contribution is 2.24. The van der Waals surface area contributed by atoms with Crippen molar-refractivity contribution >= 4 is 21.6 Å². The highest BCUT2D eigenvalue weighted by Gasteiger charge is 2.23. The fourth-order valence-corrected chi connectivity index (χ4v) is 3.78. The van der Waals surface area contributed by atoms with E-state index in [9.17, 15) is 13.2 Å². The summed E-state index contributed by atoms with van der Waals surface area (Å²) in [6, 6.07) is 10.7. The maximum absolute atomic E-state index is 12.7. The Kier molecular flexibility index (Phi) is 5.65. The summed E-state index contributed by atoms with van der Waals surface area (Å²) in [5.74, 6) is -0.320. The molecule has 0 aliphatic carbocycles. The molecule has 5 nitrogen and oxygen atoms in total. The van der Waals surface area contributed by atoms with E-state index in [1.807, 2.05) is 31.2 Å². The molecule has 2 aromatic carbocycles. The highest BCUT2D eigenvalue weighted by molar-refractivity contribution is 7.89. The van der Waals surface area contributed by atoms with Crippen molar-refractivity contribution in [1.29, 1.82) is 0 Å². The molecule has 0 spiro atoms. The van der Waals surface area contributed by atoms with Gasteiger partial charge in [0.1, 0.15) is 0 Å². The number of carbonyl (C=O) groups is 1. The third-order valence-corrected chi connectivity index (χ3v) is 6.23. The molecular weight excluding hydrogens is 336 g/mol. The second kappa shape index (κ2) is 7.37. The predicted octanol–water partition coefficient (Wildman–Crippen LogP) is 3.37. The maximum Gasteiger partial charge on any atom is 0.255 e. The summed E-state index contributed by atoms with van der Waals surface area (Å²) in [7, 11) is -0.657. The van der Waals surface area contributed by atoms with Crippen molar-refractivity contribution in [2.45, 2.75) is 32.1 Å². The molecule has 25 heavy (non-hydrogen) atoms. The van der Waals surface area contributed by atoms with Crippen molar-refractivity contribution in [2.24, 2.45) is 0 Å². The number of aryl methyl sites for hydroxylation is 2. The molecule has 6 heteroatoms. The first kappa shape index (κ1) is 19.1. The van der Waals surface area contributed by atoms with Crippen LogP contribution in [0.2, 0.25) is 0 Å². The van der Waals surface area contributed by atoms with Crippen LogP contribution in [0.5, 0.6) is 0 Å². The number of nitrogens with one attached hydrogen (secondary N) is 1. The standard InChI is InChI=1S/C19H24N2O3S/c1-6-15-9-7-8-10-17(15)20-19(22)16-11-13(2)14(3)18(12-16)25(23,24)21(4)5/h7-12H,6H2,1-5H3,(H,20,22). The molecule has 0 aliphatic heterocycles. The highest BCUT2D eigenvalue weighted by atomic mass is 32.2. The average molecular weight is 360 g/mol. The van der Waals surface area contributed by atoms with Crippen molar-refractivity contribution in [3.05, 3.63) is 58.7 Å². The van der Waals surface area contributed by atoms with E-state index in [1.54, 1.807) is 19.9 Å². The van der Waals surface area contributed by atoms with Gasteiger partial charge in [0, 0.05) is 25.3 Å². The van der Waals surface area contributed by atoms with Crippen LogP contribution in [0.15, 0.2) is 41.3 Å². The molecule has 0 unspecified atom stereocenters. The van der Waals surface area contributed by atoms with Crippen LogP contribution in [0.25, 0.3) is 0 Å². The van der Waals surface area contributed by atoms with Crippen LogP contribution < -0.4 is 5.32 Å². The van der Waals surface area contributed by atoms with Gasteiger partial charge in [-0.2, -0.15) is 0 Å². The van der Waals surface area contributed by atoms with E-state index in [-0.39, 0.29) is 10.8 Å². The molecule has 0 saturated carbocycles. The van der Waals surface area contributed by atoms with Gasteiger partial charge < -0.3 is 5.32 Å². The van der Waals surface area contributed by atoms with Crippen LogP contribution in [0.1, 0.15) is 34.0 Å². The molecule has 1 N–H and O–H groups in total. The number of hydrogen-bond donors (Lipinski definition) is 1. The zero-order valence-corrected chi connectivity index (χ0v) is 16.1. The second-order valence-electron chi connectivity index (χ2n) is 6.17. The Morgan fingerprint density at radius 2 is 1.76 bits per heavy atom. The molecule has 0 aliphatic rings. The van der Waals surface area contributed by atoms with Crippen LogP contribution >= 0.6 is 0 Å². The topological polar surface area (TPSA) is 66.5 Å². The number of sulfonamides is 1. The first-order valence-corrected chi connectivity index (χ1v) is 9.55. The minimum atomic E-state index is -3.62. The summed E-state index contributed by atoms with van der Waals surface area (Å²) in [6.45, 7) is 5.57. The van der Waals surface area contributed by atoms with Gasteiger partial charge in [-0.15, -0.1) is 0 Å². The number of benzene rings is 2. The third-order valence-electron chi connectivity index (χ3n) is 4.29. The van der Waals surface area contributed by atoms with E-state index in [1.165, 1.54) is 20.2 Å². The first-order chi connectivity index (χ1) is 11.7. The largest absolute Gasteiger partial charge is 0.322 e. The van der Waals surface area contributed by atoms with Crippen LogP contribution in [0.4, 0.5) is 5.69 Å². The van der Waals surface area contributed by atoms with E-state index in [4.69, 9.17) is 0 Å². The fraction of sp³-hybridized carbons (Fsp3) is 0.316. The van der Waals surface area contributed by atoms with Gasteiger partial charge in [0.05, 0.1) is 4.90 Å². The zero-order valence-electron chi connectivity index (χ0n) is 15.3. The van der Waals surface area contributed by atoms with Crippen LogP contribution in [-0.2, 0) is 16.4 Å². The Morgan fingerprint density at radius 3 is 2.36 bits per heavy atom. The molecule has 0 atom stereocenters. The first-order valence-electron chi connectivity index (χ1n) is 8.11. The molecular formula is C19H24N2O3S. The SMILES string of the molecule is CCc1ccccc1NC(=O)c1cc(C)c(C)c(S(=O)(=O)N(C)C)c1. The number of hydrogen-bond acceptors (Lipinski definition) is 3. The Morgan fingerprint density at radius 1 is 1.12 bits per heavy atom. The maximum atomic E-state index is 12.7. The number of rotatable bonds is 5. The summed E-state index contributed by atoms with van der Waals surface area (Å²) in [4.78, 5) is 12.8. The number of para-hydroxylation sites is 1. The van der Waals surface area contributed by atoms with E-state index < -0.39 is 10.0 Å². The lowest BCUT2D eigenvalue weighted by Crippen LogP contribution is -2.24. The molecule has 0 saturated heterocycles. The molecule has 0 heterocycles. The lowest BCUT2D eigenvalue weighted by atomic mass is 10.1. The Balaban J connectivity index is 2.46. The van der Waals surface area contributed by atoms with Gasteiger partial charge >= 0.3 is 0 Å². The second-order valence-corrected chi connectivity index (χ2v) is 8.29. The summed E-state index contributed by atoms with van der Waals surface area (Å²) in [6.07, 6.45) is 0.795. The van der Waals surface area contributed by atoms with Crippen molar-refractivity contribution in [3.63, 3.8) is 0 Å². The minimum absolute atomic E-state index is 0.159. The van der Waals surface area contributed by atoms with Crippen LogP contribution in [0.3, 0.4) is 0 Å². The molecule has 0 aromatic heterocycles. The summed E-state index contributed by atoms with van der Waals surface area (Å²) >= 11 is 0.